The topological polar surface area (TPSA) is 71.6 Å². The van der Waals surface area contributed by atoms with Crippen LogP contribution in [0.15, 0.2) is 59.5 Å². The van der Waals surface area contributed by atoms with Crippen LogP contribution in [0.3, 0.4) is 0 Å². The number of carbonyl (C=O) groups is 1. The number of hydrogen-bond donors (Lipinski definition) is 1. The average Bonchev–Trinajstić information content (AvgIpc) is 3.26. The quantitative estimate of drug-likeness (QED) is 0.501. The van der Waals surface area contributed by atoms with Crippen LogP contribution in [0.4, 0.5) is 5.69 Å². The van der Waals surface area contributed by atoms with Crippen molar-refractivity contribution in [3.8, 4) is 0 Å². The lowest BCUT2D eigenvalue weighted by Gasteiger charge is -2.29. The van der Waals surface area contributed by atoms with E-state index in [-0.39, 0.29) is 11.5 Å². The number of amides is 1. The second-order valence-corrected chi connectivity index (χ2v) is 8.88. The van der Waals surface area contributed by atoms with E-state index in [1.54, 1.807) is 18.2 Å². The molecule has 0 spiro atoms. The first-order chi connectivity index (χ1) is 15.9. The second kappa shape index (κ2) is 8.50. The molecule has 33 heavy (non-hydrogen) atoms. The summed E-state index contributed by atoms with van der Waals surface area (Å²) in [5, 5.41) is 7.81. The maximum absolute atomic E-state index is 13.3. The maximum atomic E-state index is 13.3. The number of aryl methyl sites for hydroxylation is 2. The number of carbonyl (C=O) groups excluding carboxylic acids is 1. The number of rotatable bonds is 4. The largest absolute Gasteiger partial charge is 0.332 e. The minimum atomic E-state index is -0.313. The molecule has 0 saturated heterocycles. The zero-order chi connectivity index (χ0) is 23.1. The van der Waals surface area contributed by atoms with Crippen molar-refractivity contribution < 1.29 is 4.79 Å². The highest BCUT2D eigenvalue weighted by atomic mass is 35.5. The minimum absolute atomic E-state index is 0.169. The number of aromatic nitrogens is 3. The number of fused-ring (bicyclic) bond motifs is 2. The fourth-order valence-electron chi connectivity index (χ4n) is 4.53. The Morgan fingerprint density at radius 1 is 1.18 bits per heavy atom. The molecule has 2 aromatic carbocycles. The van der Waals surface area contributed by atoms with Crippen LogP contribution in [0.1, 0.15) is 32.7 Å². The van der Waals surface area contributed by atoms with E-state index < -0.39 is 0 Å². The van der Waals surface area contributed by atoms with Gasteiger partial charge in [-0.15, -0.1) is 0 Å². The molecule has 1 N–H and O–H groups in total. The fourth-order valence-corrected chi connectivity index (χ4v) is 4.76. The van der Waals surface area contributed by atoms with E-state index in [0.29, 0.717) is 28.5 Å². The van der Waals surface area contributed by atoms with Crippen molar-refractivity contribution in [2.45, 2.75) is 26.4 Å². The first-order valence-corrected chi connectivity index (χ1v) is 11.2. The lowest BCUT2D eigenvalue weighted by atomic mass is 10.1. The summed E-state index contributed by atoms with van der Waals surface area (Å²) in [6.45, 7) is 4.06. The Bertz CT molecular complexity index is 1420. The molecule has 2 aromatic heterocycles. The number of benzene rings is 2. The van der Waals surface area contributed by atoms with E-state index in [4.69, 9.17) is 11.6 Å². The van der Waals surface area contributed by atoms with Gasteiger partial charge in [0.2, 0.25) is 0 Å². The Balaban J connectivity index is 1.48. The van der Waals surface area contributed by atoms with E-state index in [9.17, 15) is 9.59 Å². The van der Waals surface area contributed by atoms with E-state index in [0.717, 1.165) is 36.3 Å². The molecule has 0 bridgehead atoms. The second-order valence-electron chi connectivity index (χ2n) is 8.44. The molecule has 168 valence electrons. The third-order valence-corrected chi connectivity index (χ3v) is 6.48. The fraction of sp³-hybridized carbons (Fsp3) is 0.240. The highest BCUT2D eigenvalue weighted by Crippen LogP contribution is 2.23. The molecule has 1 amide bonds. The van der Waals surface area contributed by atoms with Gasteiger partial charge in [0.15, 0.2) is 5.65 Å². The van der Waals surface area contributed by atoms with Crippen molar-refractivity contribution in [1.29, 1.82) is 0 Å². The van der Waals surface area contributed by atoms with Crippen LogP contribution in [0, 0.1) is 6.92 Å². The van der Waals surface area contributed by atoms with Gasteiger partial charge in [-0.05, 0) is 36.2 Å². The molecular weight excluding hydrogens is 438 g/mol. The molecule has 0 radical (unpaired) electrons. The molecule has 0 atom stereocenters. The molecule has 5 rings (SSSR count). The summed E-state index contributed by atoms with van der Waals surface area (Å²) in [6.07, 6.45) is 2.19. The third-order valence-electron chi connectivity index (χ3n) is 6.24. The molecule has 4 aromatic rings. The van der Waals surface area contributed by atoms with Crippen molar-refractivity contribution in [1.82, 2.24) is 19.1 Å². The van der Waals surface area contributed by atoms with Gasteiger partial charge in [0.05, 0.1) is 11.8 Å². The van der Waals surface area contributed by atoms with Crippen LogP contribution in [0.25, 0.3) is 5.65 Å². The van der Waals surface area contributed by atoms with E-state index in [1.807, 2.05) is 36.7 Å². The SMILES string of the molecule is Cc1cc(Cl)ccc1NC(=O)c1cnn2c(=O)c3c(n(C)c12)CCN(Cc1ccccc1)C3. The molecule has 0 unspecified atom stereocenters. The summed E-state index contributed by atoms with van der Waals surface area (Å²) >= 11 is 6.02. The third kappa shape index (κ3) is 3.94. The first kappa shape index (κ1) is 21.4. The Morgan fingerprint density at radius 2 is 1.97 bits per heavy atom. The molecule has 1 aliphatic heterocycles. The smallest absolute Gasteiger partial charge is 0.279 e. The normalized spacial score (nSPS) is 13.8. The van der Waals surface area contributed by atoms with Crippen LogP contribution < -0.4 is 10.9 Å². The predicted octanol–water partition coefficient (Wildman–Crippen LogP) is 3.81. The summed E-state index contributed by atoms with van der Waals surface area (Å²) in [5.41, 5.74) is 5.12. The van der Waals surface area contributed by atoms with E-state index in [1.165, 1.54) is 16.3 Å². The van der Waals surface area contributed by atoms with Crippen molar-refractivity contribution in [2.24, 2.45) is 7.05 Å². The van der Waals surface area contributed by atoms with Crippen molar-refractivity contribution >= 4 is 28.8 Å². The van der Waals surface area contributed by atoms with Gasteiger partial charge in [-0.2, -0.15) is 9.61 Å². The highest BCUT2D eigenvalue weighted by molar-refractivity contribution is 6.30. The van der Waals surface area contributed by atoms with E-state index >= 15 is 0 Å². The Morgan fingerprint density at radius 3 is 2.73 bits per heavy atom. The zero-order valence-corrected chi connectivity index (χ0v) is 19.3. The average molecular weight is 462 g/mol. The van der Waals surface area contributed by atoms with E-state index in [2.05, 4.69) is 27.4 Å². The Kier molecular flexibility index (Phi) is 5.52. The summed E-state index contributed by atoms with van der Waals surface area (Å²) in [6, 6.07) is 15.5. The molecule has 1 aliphatic rings. The summed E-state index contributed by atoms with van der Waals surface area (Å²) < 4.78 is 3.28. The van der Waals surface area contributed by atoms with Gasteiger partial charge in [0, 0.05) is 49.5 Å². The van der Waals surface area contributed by atoms with Crippen molar-refractivity contribution in [3.63, 3.8) is 0 Å². The van der Waals surface area contributed by atoms with Crippen LogP contribution in [0.5, 0.6) is 0 Å². The van der Waals surface area contributed by atoms with Crippen LogP contribution in [-0.4, -0.2) is 31.5 Å². The molecule has 0 fully saturated rings. The van der Waals surface area contributed by atoms with Gasteiger partial charge in [-0.3, -0.25) is 14.5 Å². The monoisotopic (exact) mass is 461 g/mol. The van der Waals surface area contributed by atoms with Gasteiger partial charge < -0.3 is 9.88 Å². The standard InChI is InChI=1S/C25H24ClN5O2/c1-16-12-18(26)8-9-21(16)28-23(32)19-13-27-31-24(19)29(2)22-10-11-30(15-20(22)25(31)33)14-17-6-4-3-5-7-17/h3-9,12-13H,10-11,14-15H2,1-2H3,(H,28,32). The molecule has 8 heteroatoms. The van der Waals surface area contributed by atoms with Crippen LogP contribution in [0.2, 0.25) is 5.02 Å². The molecule has 0 aliphatic carbocycles. The van der Waals surface area contributed by atoms with Gasteiger partial charge >= 0.3 is 0 Å². The maximum Gasteiger partial charge on any atom is 0.279 e. The Labute approximate surface area is 196 Å². The first-order valence-electron chi connectivity index (χ1n) is 10.8. The number of hydrogen-bond acceptors (Lipinski definition) is 4. The predicted molar refractivity (Wildman–Crippen MR) is 129 cm³/mol. The van der Waals surface area contributed by atoms with Gasteiger partial charge in [0.1, 0.15) is 5.56 Å². The highest BCUT2D eigenvalue weighted by Gasteiger charge is 2.26. The number of halogens is 1. The lowest BCUT2D eigenvalue weighted by Crippen LogP contribution is -2.38. The van der Waals surface area contributed by atoms with Crippen molar-refractivity contribution in [2.75, 3.05) is 11.9 Å². The molecular formula is C25H24ClN5O2. The summed E-state index contributed by atoms with van der Waals surface area (Å²) in [5.74, 6) is -0.313. The summed E-state index contributed by atoms with van der Waals surface area (Å²) in [7, 11) is 1.90. The van der Waals surface area contributed by atoms with Crippen molar-refractivity contribution in [3.05, 3.63) is 98.1 Å². The van der Waals surface area contributed by atoms with Gasteiger partial charge in [-0.25, -0.2) is 0 Å². The molecule has 3 heterocycles. The zero-order valence-electron chi connectivity index (χ0n) is 18.5. The van der Waals surface area contributed by atoms with Gasteiger partial charge in [-0.1, -0.05) is 41.9 Å². The van der Waals surface area contributed by atoms with Gasteiger partial charge in [0.25, 0.3) is 11.5 Å². The number of anilines is 1. The van der Waals surface area contributed by atoms with Crippen LogP contribution in [-0.2, 0) is 26.6 Å². The van der Waals surface area contributed by atoms with Crippen LogP contribution >= 0.6 is 11.6 Å². The number of nitrogens with one attached hydrogen (secondary N) is 1. The summed E-state index contributed by atoms with van der Waals surface area (Å²) in [4.78, 5) is 28.7. The number of nitrogens with zero attached hydrogens (tertiary/aromatic N) is 4. The molecule has 0 saturated carbocycles. The Hall–Kier alpha value is -3.42. The lowest BCUT2D eigenvalue weighted by molar-refractivity contribution is 0.102. The molecule has 7 nitrogen and oxygen atoms in total. The minimum Gasteiger partial charge on any atom is -0.332 e.